The van der Waals surface area contributed by atoms with Gasteiger partial charge in [-0.3, -0.25) is 0 Å². The Balaban J connectivity index is 1.88. The van der Waals surface area contributed by atoms with Crippen LogP contribution in [0.3, 0.4) is 0 Å². The summed E-state index contributed by atoms with van der Waals surface area (Å²) in [4.78, 5) is 1.51. The summed E-state index contributed by atoms with van der Waals surface area (Å²) in [5.41, 5.74) is 1.46. The average Bonchev–Trinajstić information content (AvgIpc) is 2.79. The summed E-state index contributed by atoms with van der Waals surface area (Å²) in [6, 6.07) is 3.16. The number of thiophene rings is 1. The largest absolute Gasteiger partial charge is 0.310 e. The van der Waals surface area contributed by atoms with E-state index in [2.05, 4.69) is 30.6 Å². The molecule has 1 aliphatic rings. The van der Waals surface area contributed by atoms with Crippen molar-refractivity contribution < 1.29 is 0 Å². The summed E-state index contributed by atoms with van der Waals surface area (Å²) in [5.74, 6) is 0.680. The van der Waals surface area contributed by atoms with Gasteiger partial charge in [0.1, 0.15) is 0 Å². The van der Waals surface area contributed by atoms with Crippen LogP contribution in [0.4, 0.5) is 0 Å². The van der Waals surface area contributed by atoms with E-state index in [1.165, 1.54) is 23.3 Å². The standard InChI is InChI=1S/C11H17NS/c1-8(2)11-5-9(7-13-11)6-12-10-3-4-10/h5,7-8,10,12H,3-4,6H2,1-2H3. The highest BCUT2D eigenvalue weighted by Crippen LogP contribution is 2.24. The van der Waals surface area contributed by atoms with Gasteiger partial charge < -0.3 is 5.32 Å². The maximum absolute atomic E-state index is 3.53. The molecule has 2 rings (SSSR count). The summed E-state index contributed by atoms with van der Waals surface area (Å²) in [7, 11) is 0. The second-order valence-electron chi connectivity index (χ2n) is 4.17. The van der Waals surface area contributed by atoms with Gasteiger partial charge in [0.15, 0.2) is 0 Å². The fourth-order valence-electron chi connectivity index (χ4n) is 1.34. The Hall–Kier alpha value is -0.340. The maximum Gasteiger partial charge on any atom is 0.0216 e. The van der Waals surface area contributed by atoms with Crippen molar-refractivity contribution in [1.29, 1.82) is 0 Å². The summed E-state index contributed by atoms with van der Waals surface area (Å²) >= 11 is 1.89. The normalized spacial score (nSPS) is 16.8. The lowest BCUT2D eigenvalue weighted by molar-refractivity contribution is 0.688. The zero-order valence-electron chi connectivity index (χ0n) is 8.34. The van der Waals surface area contributed by atoms with E-state index in [0.29, 0.717) is 5.92 Å². The van der Waals surface area contributed by atoms with E-state index in [1.54, 1.807) is 0 Å². The van der Waals surface area contributed by atoms with Crippen LogP contribution in [-0.4, -0.2) is 6.04 Å². The third-order valence-corrected chi connectivity index (χ3v) is 3.70. The molecule has 0 aromatic carbocycles. The van der Waals surface area contributed by atoms with Gasteiger partial charge in [0, 0.05) is 17.5 Å². The molecule has 0 amide bonds. The SMILES string of the molecule is CC(C)c1cc(CNC2CC2)cs1. The number of hydrogen-bond acceptors (Lipinski definition) is 2. The lowest BCUT2D eigenvalue weighted by Gasteiger charge is -1.99. The Morgan fingerprint density at radius 1 is 1.54 bits per heavy atom. The van der Waals surface area contributed by atoms with E-state index in [9.17, 15) is 0 Å². The summed E-state index contributed by atoms with van der Waals surface area (Å²) in [5, 5.41) is 5.81. The first-order valence-corrected chi connectivity index (χ1v) is 5.94. The van der Waals surface area contributed by atoms with Crippen molar-refractivity contribution in [2.75, 3.05) is 0 Å². The van der Waals surface area contributed by atoms with Gasteiger partial charge in [-0.2, -0.15) is 0 Å². The van der Waals surface area contributed by atoms with E-state index in [1.807, 2.05) is 11.3 Å². The zero-order valence-corrected chi connectivity index (χ0v) is 9.16. The predicted octanol–water partition coefficient (Wildman–Crippen LogP) is 3.12. The molecule has 1 aliphatic carbocycles. The molecule has 1 heterocycles. The fraction of sp³-hybridized carbons (Fsp3) is 0.636. The smallest absolute Gasteiger partial charge is 0.0216 e. The van der Waals surface area contributed by atoms with E-state index in [4.69, 9.17) is 0 Å². The molecule has 0 unspecified atom stereocenters. The molecule has 72 valence electrons. The number of nitrogens with one attached hydrogen (secondary N) is 1. The Morgan fingerprint density at radius 3 is 2.85 bits per heavy atom. The topological polar surface area (TPSA) is 12.0 Å². The highest BCUT2D eigenvalue weighted by Gasteiger charge is 2.20. The second-order valence-corrected chi connectivity index (χ2v) is 5.11. The first kappa shape index (κ1) is 9.22. The van der Waals surface area contributed by atoms with E-state index in [0.717, 1.165) is 12.6 Å². The van der Waals surface area contributed by atoms with Crippen LogP contribution < -0.4 is 5.32 Å². The lowest BCUT2D eigenvalue weighted by atomic mass is 10.1. The van der Waals surface area contributed by atoms with Gasteiger partial charge in [-0.15, -0.1) is 11.3 Å². The quantitative estimate of drug-likeness (QED) is 0.778. The molecule has 2 heteroatoms. The van der Waals surface area contributed by atoms with Crippen molar-refractivity contribution in [1.82, 2.24) is 5.32 Å². The highest BCUT2D eigenvalue weighted by molar-refractivity contribution is 7.10. The van der Waals surface area contributed by atoms with Gasteiger partial charge in [0.2, 0.25) is 0 Å². The van der Waals surface area contributed by atoms with Crippen LogP contribution in [0.5, 0.6) is 0 Å². The first-order valence-electron chi connectivity index (χ1n) is 5.06. The molecule has 13 heavy (non-hydrogen) atoms. The Morgan fingerprint density at radius 2 is 2.31 bits per heavy atom. The number of rotatable bonds is 4. The third-order valence-electron chi connectivity index (χ3n) is 2.42. The van der Waals surface area contributed by atoms with Crippen molar-refractivity contribution in [3.8, 4) is 0 Å². The average molecular weight is 195 g/mol. The molecule has 0 aliphatic heterocycles. The summed E-state index contributed by atoms with van der Waals surface area (Å²) < 4.78 is 0. The van der Waals surface area contributed by atoms with Gasteiger partial charge in [-0.25, -0.2) is 0 Å². The van der Waals surface area contributed by atoms with Crippen LogP contribution in [0.2, 0.25) is 0 Å². The van der Waals surface area contributed by atoms with Gasteiger partial charge in [-0.05, 0) is 35.8 Å². The third kappa shape index (κ3) is 2.55. The van der Waals surface area contributed by atoms with Crippen molar-refractivity contribution in [3.05, 3.63) is 21.9 Å². The van der Waals surface area contributed by atoms with Crippen LogP contribution in [0.25, 0.3) is 0 Å². The predicted molar refractivity (Wildman–Crippen MR) is 58.3 cm³/mol. The van der Waals surface area contributed by atoms with Gasteiger partial charge in [0.05, 0.1) is 0 Å². The van der Waals surface area contributed by atoms with Crippen LogP contribution in [-0.2, 0) is 6.54 Å². The molecule has 0 spiro atoms. The highest BCUT2D eigenvalue weighted by atomic mass is 32.1. The van der Waals surface area contributed by atoms with E-state index < -0.39 is 0 Å². The molecule has 0 atom stereocenters. The molecule has 1 aromatic heterocycles. The van der Waals surface area contributed by atoms with Gasteiger partial charge in [0.25, 0.3) is 0 Å². The van der Waals surface area contributed by atoms with E-state index in [-0.39, 0.29) is 0 Å². The molecule has 1 N–H and O–H groups in total. The van der Waals surface area contributed by atoms with E-state index >= 15 is 0 Å². The molecule has 1 saturated carbocycles. The Kier molecular flexibility index (Phi) is 2.70. The first-order chi connectivity index (χ1) is 6.25. The summed E-state index contributed by atoms with van der Waals surface area (Å²) in [6.07, 6.45) is 2.75. The van der Waals surface area contributed by atoms with Gasteiger partial charge >= 0.3 is 0 Å². The van der Waals surface area contributed by atoms with Crippen molar-refractivity contribution in [2.24, 2.45) is 0 Å². The van der Waals surface area contributed by atoms with Crippen molar-refractivity contribution in [2.45, 2.75) is 45.2 Å². The molecule has 1 fully saturated rings. The van der Waals surface area contributed by atoms with Crippen molar-refractivity contribution >= 4 is 11.3 Å². The fourth-order valence-corrected chi connectivity index (χ4v) is 2.27. The molecule has 0 bridgehead atoms. The molecular weight excluding hydrogens is 178 g/mol. The Labute approximate surface area is 84.2 Å². The monoisotopic (exact) mass is 195 g/mol. The van der Waals surface area contributed by atoms with Crippen LogP contribution in [0.15, 0.2) is 11.4 Å². The summed E-state index contributed by atoms with van der Waals surface area (Å²) in [6.45, 7) is 5.57. The van der Waals surface area contributed by atoms with Crippen LogP contribution in [0.1, 0.15) is 43.0 Å². The molecule has 0 radical (unpaired) electrons. The van der Waals surface area contributed by atoms with Crippen molar-refractivity contribution in [3.63, 3.8) is 0 Å². The van der Waals surface area contributed by atoms with Crippen LogP contribution in [0, 0.1) is 0 Å². The molecular formula is C11H17NS. The van der Waals surface area contributed by atoms with Crippen LogP contribution >= 0.6 is 11.3 Å². The minimum absolute atomic E-state index is 0.680. The maximum atomic E-state index is 3.53. The molecule has 0 saturated heterocycles. The Bertz CT molecular complexity index is 273. The lowest BCUT2D eigenvalue weighted by Crippen LogP contribution is -2.14. The second kappa shape index (κ2) is 3.81. The molecule has 1 aromatic rings. The number of hydrogen-bond donors (Lipinski definition) is 1. The molecule has 1 nitrogen and oxygen atoms in total. The minimum Gasteiger partial charge on any atom is -0.310 e. The zero-order chi connectivity index (χ0) is 9.26. The minimum atomic E-state index is 0.680. The van der Waals surface area contributed by atoms with Gasteiger partial charge in [-0.1, -0.05) is 13.8 Å².